The summed E-state index contributed by atoms with van der Waals surface area (Å²) in [5.41, 5.74) is 1.18. The fourth-order valence-corrected chi connectivity index (χ4v) is 2.28. The van der Waals surface area contributed by atoms with Gasteiger partial charge in [-0.3, -0.25) is 0 Å². The monoisotopic (exact) mass is 326 g/mol. The van der Waals surface area contributed by atoms with Crippen molar-refractivity contribution in [2.45, 2.75) is 25.4 Å². The molecule has 2 N–H and O–H groups in total. The van der Waals surface area contributed by atoms with Crippen LogP contribution < -0.4 is 10.6 Å². The topological polar surface area (TPSA) is 24.1 Å². The first-order valence-electron chi connectivity index (χ1n) is 7.03. The molecule has 22 heavy (non-hydrogen) atoms. The molecule has 0 fully saturated rings. The van der Waals surface area contributed by atoms with Crippen molar-refractivity contribution >= 4 is 17.3 Å². The van der Waals surface area contributed by atoms with E-state index in [0.29, 0.717) is 18.1 Å². The molecule has 0 saturated carbocycles. The second-order valence-electron chi connectivity index (χ2n) is 4.96. The highest BCUT2D eigenvalue weighted by Gasteiger charge is 2.29. The SMILES string of the molecule is FC(F)(F)c1ccc(CCNC(=S)NC2=CCCC=C2)cc1. The Morgan fingerprint density at radius 3 is 2.45 bits per heavy atom. The molecule has 0 aromatic heterocycles. The van der Waals surface area contributed by atoms with Gasteiger partial charge in [0.25, 0.3) is 0 Å². The zero-order chi connectivity index (χ0) is 16.0. The van der Waals surface area contributed by atoms with Gasteiger partial charge in [-0.15, -0.1) is 0 Å². The Morgan fingerprint density at radius 1 is 1.14 bits per heavy atom. The lowest BCUT2D eigenvalue weighted by Crippen LogP contribution is -2.35. The number of rotatable bonds is 4. The van der Waals surface area contributed by atoms with Crippen LogP contribution in [-0.2, 0) is 12.6 Å². The number of nitrogens with one attached hydrogen (secondary N) is 2. The van der Waals surface area contributed by atoms with Crippen LogP contribution in [0.25, 0.3) is 0 Å². The summed E-state index contributed by atoms with van der Waals surface area (Å²) >= 11 is 5.17. The van der Waals surface area contributed by atoms with Crippen LogP contribution in [0.1, 0.15) is 24.0 Å². The summed E-state index contributed by atoms with van der Waals surface area (Å²) in [5, 5.41) is 6.64. The minimum Gasteiger partial charge on any atom is -0.362 e. The zero-order valence-electron chi connectivity index (χ0n) is 11.9. The van der Waals surface area contributed by atoms with Crippen LogP contribution in [0.15, 0.2) is 48.2 Å². The molecule has 0 aliphatic heterocycles. The highest BCUT2D eigenvalue weighted by atomic mass is 32.1. The van der Waals surface area contributed by atoms with Crippen molar-refractivity contribution in [1.82, 2.24) is 10.6 Å². The lowest BCUT2D eigenvalue weighted by molar-refractivity contribution is -0.137. The van der Waals surface area contributed by atoms with Gasteiger partial charge in [-0.05, 0) is 55.3 Å². The summed E-state index contributed by atoms with van der Waals surface area (Å²) in [4.78, 5) is 0. The highest BCUT2D eigenvalue weighted by molar-refractivity contribution is 7.80. The maximum absolute atomic E-state index is 12.5. The number of hydrogen-bond donors (Lipinski definition) is 2. The summed E-state index contributed by atoms with van der Waals surface area (Å²) in [6.07, 6.45) is 4.48. The van der Waals surface area contributed by atoms with Crippen LogP contribution in [0.3, 0.4) is 0 Å². The van der Waals surface area contributed by atoms with E-state index >= 15 is 0 Å². The lowest BCUT2D eigenvalue weighted by atomic mass is 10.1. The number of benzene rings is 1. The molecule has 1 aromatic rings. The minimum absolute atomic E-state index is 0.518. The quantitative estimate of drug-likeness (QED) is 0.820. The second-order valence-corrected chi connectivity index (χ2v) is 5.37. The molecule has 0 unspecified atom stereocenters. The van der Waals surface area contributed by atoms with Gasteiger partial charge in [-0.2, -0.15) is 13.2 Å². The maximum atomic E-state index is 12.5. The summed E-state index contributed by atoms with van der Waals surface area (Å²) in [6.45, 7) is 0.564. The second kappa shape index (κ2) is 7.45. The molecule has 0 atom stereocenters. The molecule has 0 saturated heterocycles. The Balaban J connectivity index is 1.75. The molecule has 0 heterocycles. The van der Waals surface area contributed by atoms with Crippen molar-refractivity contribution in [1.29, 1.82) is 0 Å². The van der Waals surface area contributed by atoms with E-state index in [1.807, 2.05) is 6.08 Å². The molecule has 118 valence electrons. The summed E-state index contributed by atoms with van der Waals surface area (Å²) in [6, 6.07) is 5.19. The average Bonchev–Trinajstić information content (AvgIpc) is 2.48. The summed E-state index contributed by atoms with van der Waals surface area (Å²) < 4.78 is 37.4. The fraction of sp³-hybridized carbons (Fsp3) is 0.312. The standard InChI is InChI=1S/C16H17F3N2S/c17-16(18,19)13-8-6-12(7-9-13)10-11-20-15(22)21-14-4-2-1-3-5-14/h2,4-9H,1,3,10-11H2,(H2,20,21,22). The summed E-state index contributed by atoms with van der Waals surface area (Å²) in [5.74, 6) is 0. The molecule has 2 rings (SSSR count). The third-order valence-corrected chi connectivity index (χ3v) is 3.48. The number of allylic oxidation sites excluding steroid dienone is 3. The molecule has 1 aliphatic rings. The van der Waals surface area contributed by atoms with Gasteiger partial charge in [0.1, 0.15) is 0 Å². The third-order valence-electron chi connectivity index (χ3n) is 3.23. The molecule has 6 heteroatoms. The maximum Gasteiger partial charge on any atom is 0.416 e. The molecule has 0 spiro atoms. The number of alkyl halides is 3. The molecule has 2 nitrogen and oxygen atoms in total. The first kappa shape index (κ1) is 16.5. The van der Waals surface area contributed by atoms with Gasteiger partial charge >= 0.3 is 6.18 Å². The largest absolute Gasteiger partial charge is 0.416 e. The number of halogens is 3. The zero-order valence-corrected chi connectivity index (χ0v) is 12.7. The first-order chi connectivity index (χ1) is 10.4. The van der Waals surface area contributed by atoms with Crippen molar-refractivity contribution in [3.8, 4) is 0 Å². The van der Waals surface area contributed by atoms with Crippen molar-refractivity contribution in [2.75, 3.05) is 6.54 Å². The third kappa shape index (κ3) is 5.18. The van der Waals surface area contributed by atoms with Crippen molar-refractivity contribution in [3.63, 3.8) is 0 Å². The first-order valence-corrected chi connectivity index (χ1v) is 7.43. The van der Waals surface area contributed by atoms with Gasteiger partial charge in [-0.25, -0.2) is 0 Å². The predicted octanol–water partition coefficient (Wildman–Crippen LogP) is 3.95. The minimum atomic E-state index is -4.29. The van der Waals surface area contributed by atoms with E-state index in [1.165, 1.54) is 12.1 Å². The van der Waals surface area contributed by atoms with Gasteiger partial charge < -0.3 is 10.6 Å². The van der Waals surface area contributed by atoms with Crippen LogP contribution in [0.4, 0.5) is 13.2 Å². The Morgan fingerprint density at radius 2 is 1.86 bits per heavy atom. The van der Waals surface area contributed by atoms with E-state index in [9.17, 15) is 13.2 Å². The Bertz CT molecular complexity index is 574. The van der Waals surface area contributed by atoms with E-state index in [4.69, 9.17) is 12.2 Å². The van der Waals surface area contributed by atoms with Gasteiger partial charge in [0.2, 0.25) is 0 Å². The molecular weight excluding hydrogens is 309 g/mol. The van der Waals surface area contributed by atoms with Crippen molar-refractivity contribution in [2.24, 2.45) is 0 Å². The highest BCUT2D eigenvalue weighted by Crippen LogP contribution is 2.29. The lowest BCUT2D eigenvalue weighted by Gasteiger charge is -2.13. The molecule has 0 amide bonds. The van der Waals surface area contributed by atoms with Crippen LogP contribution >= 0.6 is 12.2 Å². The Labute approximate surface area is 133 Å². The Kier molecular flexibility index (Phi) is 5.60. The van der Waals surface area contributed by atoms with Gasteiger partial charge in [0.05, 0.1) is 5.56 Å². The molecule has 1 aromatic carbocycles. The van der Waals surface area contributed by atoms with Crippen molar-refractivity contribution < 1.29 is 13.2 Å². The normalized spacial score (nSPS) is 14.4. The Hall–Kier alpha value is -1.82. The van der Waals surface area contributed by atoms with Crippen LogP contribution in [-0.4, -0.2) is 11.7 Å². The van der Waals surface area contributed by atoms with E-state index in [-0.39, 0.29) is 0 Å². The van der Waals surface area contributed by atoms with Crippen LogP contribution in [0.5, 0.6) is 0 Å². The molecule has 1 aliphatic carbocycles. The van der Waals surface area contributed by atoms with Crippen molar-refractivity contribution in [3.05, 3.63) is 59.3 Å². The van der Waals surface area contributed by atoms with Crippen LogP contribution in [0, 0.1) is 0 Å². The summed E-state index contributed by atoms with van der Waals surface area (Å²) in [7, 11) is 0. The van der Waals surface area contributed by atoms with Gasteiger partial charge in [-0.1, -0.05) is 24.3 Å². The van der Waals surface area contributed by atoms with E-state index in [0.717, 1.165) is 36.2 Å². The van der Waals surface area contributed by atoms with E-state index in [1.54, 1.807) is 0 Å². The average molecular weight is 326 g/mol. The predicted molar refractivity (Wildman–Crippen MR) is 85.3 cm³/mol. The smallest absolute Gasteiger partial charge is 0.362 e. The molecule has 0 radical (unpaired) electrons. The molecular formula is C16H17F3N2S. The fourth-order valence-electron chi connectivity index (χ4n) is 2.06. The van der Waals surface area contributed by atoms with Gasteiger partial charge in [0.15, 0.2) is 5.11 Å². The molecule has 0 bridgehead atoms. The van der Waals surface area contributed by atoms with Crippen LogP contribution in [0.2, 0.25) is 0 Å². The number of thiocarbonyl (C=S) groups is 1. The van der Waals surface area contributed by atoms with E-state index in [2.05, 4.69) is 22.8 Å². The van der Waals surface area contributed by atoms with Gasteiger partial charge in [0, 0.05) is 12.2 Å². The number of hydrogen-bond acceptors (Lipinski definition) is 1. The van der Waals surface area contributed by atoms with E-state index < -0.39 is 11.7 Å².